The second-order valence-electron chi connectivity index (χ2n) is 6.45. The minimum absolute atomic E-state index is 0.361. The van der Waals surface area contributed by atoms with Gasteiger partial charge in [-0.3, -0.25) is 0 Å². The molecule has 1 saturated carbocycles. The summed E-state index contributed by atoms with van der Waals surface area (Å²) in [6.45, 7) is 1.96. The van der Waals surface area contributed by atoms with E-state index >= 15 is 0 Å². The number of carbonyl (C=O) groups is 1. The standard InChI is InChI=1S/C18H17ClN2O2/c1-9-2-5-12(7-14(9)19)21-17-16-11-4-3-10(6-11)15(16)13(8-20-17)18(22)23/h2,5,7-8,10-11H,3-4,6H2,1H3,(H,20,21)(H,22,23). The highest BCUT2D eigenvalue weighted by Crippen LogP contribution is 2.56. The lowest BCUT2D eigenvalue weighted by atomic mass is 9.89. The van der Waals surface area contributed by atoms with E-state index in [0.29, 0.717) is 22.4 Å². The molecule has 23 heavy (non-hydrogen) atoms. The van der Waals surface area contributed by atoms with E-state index in [1.807, 2.05) is 25.1 Å². The summed E-state index contributed by atoms with van der Waals surface area (Å²) >= 11 is 6.19. The molecular weight excluding hydrogens is 312 g/mol. The number of nitrogens with one attached hydrogen (secondary N) is 1. The Morgan fingerprint density at radius 1 is 1.30 bits per heavy atom. The highest BCUT2D eigenvalue weighted by atomic mass is 35.5. The van der Waals surface area contributed by atoms with Crippen LogP contribution in [0.3, 0.4) is 0 Å². The van der Waals surface area contributed by atoms with Crippen molar-refractivity contribution < 1.29 is 9.90 Å². The SMILES string of the molecule is Cc1ccc(Nc2ncc(C(=O)O)c3c2C2CCC3C2)cc1Cl. The van der Waals surface area contributed by atoms with Gasteiger partial charge in [0, 0.05) is 22.5 Å². The molecule has 0 saturated heterocycles. The van der Waals surface area contributed by atoms with Crippen molar-refractivity contribution in [2.45, 2.75) is 38.0 Å². The van der Waals surface area contributed by atoms with Gasteiger partial charge >= 0.3 is 5.97 Å². The van der Waals surface area contributed by atoms with Gasteiger partial charge in [-0.25, -0.2) is 9.78 Å². The molecule has 0 aliphatic heterocycles. The number of fused-ring (bicyclic) bond motifs is 5. The van der Waals surface area contributed by atoms with Crippen LogP contribution in [0, 0.1) is 6.92 Å². The second kappa shape index (κ2) is 5.24. The lowest BCUT2D eigenvalue weighted by Gasteiger charge is -2.21. The number of aryl methyl sites for hydroxylation is 1. The van der Waals surface area contributed by atoms with Gasteiger partial charge < -0.3 is 10.4 Å². The van der Waals surface area contributed by atoms with Crippen LogP contribution in [0.25, 0.3) is 0 Å². The molecule has 4 nitrogen and oxygen atoms in total. The van der Waals surface area contributed by atoms with Crippen LogP contribution < -0.4 is 5.32 Å². The number of halogens is 1. The van der Waals surface area contributed by atoms with Gasteiger partial charge in [-0.1, -0.05) is 17.7 Å². The number of aromatic nitrogens is 1. The number of benzene rings is 1. The molecular formula is C18H17ClN2O2. The zero-order chi connectivity index (χ0) is 16.1. The van der Waals surface area contributed by atoms with Gasteiger partial charge in [0.25, 0.3) is 0 Å². The van der Waals surface area contributed by atoms with Crippen molar-refractivity contribution >= 4 is 29.1 Å². The van der Waals surface area contributed by atoms with Crippen molar-refractivity contribution in [3.8, 4) is 0 Å². The molecule has 0 radical (unpaired) electrons. The number of aromatic carboxylic acids is 1. The van der Waals surface area contributed by atoms with Crippen molar-refractivity contribution in [1.82, 2.24) is 4.98 Å². The van der Waals surface area contributed by atoms with Crippen molar-refractivity contribution in [2.24, 2.45) is 0 Å². The molecule has 2 unspecified atom stereocenters. The number of carboxylic acids is 1. The molecule has 2 atom stereocenters. The largest absolute Gasteiger partial charge is 0.478 e. The fraction of sp³-hybridized carbons (Fsp3) is 0.333. The molecule has 1 aromatic heterocycles. The van der Waals surface area contributed by atoms with E-state index in [4.69, 9.17) is 11.6 Å². The molecule has 0 spiro atoms. The molecule has 1 aromatic carbocycles. The summed E-state index contributed by atoms with van der Waals surface area (Å²) in [6, 6.07) is 5.81. The molecule has 2 N–H and O–H groups in total. The van der Waals surface area contributed by atoms with Crippen LogP contribution in [0.5, 0.6) is 0 Å². The Morgan fingerprint density at radius 3 is 2.74 bits per heavy atom. The van der Waals surface area contributed by atoms with E-state index in [0.717, 1.165) is 47.5 Å². The minimum Gasteiger partial charge on any atom is -0.478 e. The smallest absolute Gasteiger partial charge is 0.337 e. The third-order valence-electron chi connectivity index (χ3n) is 5.07. The van der Waals surface area contributed by atoms with Crippen molar-refractivity contribution in [3.63, 3.8) is 0 Å². The number of anilines is 2. The molecule has 4 rings (SSSR count). The topological polar surface area (TPSA) is 62.2 Å². The van der Waals surface area contributed by atoms with E-state index < -0.39 is 5.97 Å². The highest BCUT2D eigenvalue weighted by molar-refractivity contribution is 6.31. The number of hydrogen-bond donors (Lipinski definition) is 2. The van der Waals surface area contributed by atoms with Crippen LogP contribution in [-0.2, 0) is 0 Å². The van der Waals surface area contributed by atoms with E-state index in [9.17, 15) is 9.90 Å². The van der Waals surface area contributed by atoms with E-state index in [1.165, 1.54) is 6.20 Å². The molecule has 1 heterocycles. The lowest BCUT2D eigenvalue weighted by Crippen LogP contribution is -2.11. The first-order chi connectivity index (χ1) is 11.0. The molecule has 2 aliphatic carbocycles. The van der Waals surface area contributed by atoms with E-state index in [1.54, 1.807) is 0 Å². The quantitative estimate of drug-likeness (QED) is 0.845. The average molecular weight is 329 g/mol. The van der Waals surface area contributed by atoms with Crippen molar-refractivity contribution in [1.29, 1.82) is 0 Å². The summed E-state index contributed by atoms with van der Waals surface area (Å²) in [5, 5.41) is 13.5. The first-order valence-corrected chi connectivity index (χ1v) is 8.21. The molecule has 2 aromatic rings. The van der Waals surface area contributed by atoms with Gasteiger partial charge in [-0.05, 0) is 61.3 Å². The maximum Gasteiger partial charge on any atom is 0.337 e. The van der Waals surface area contributed by atoms with Gasteiger partial charge in [0.2, 0.25) is 0 Å². The number of carboxylic acid groups (broad SMARTS) is 1. The Kier molecular flexibility index (Phi) is 3.31. The van der Waals surface area contributed by atoms with Crippen molar-refractivity contribution in [3.05, 3.63) is 51.7 Å². The number of rotatable bonds is 3. The summed E-state index contributed by atoms with van der Waals surface area (Å²) in [4.78, 5) is 15.9. The van der Waals surface area contributed by atoms with Crippen LogP contribution in [0.2, 0.25) is 5.02 Å². The number of nitrogens with zero attached hydrogens (tertiary/aromatic N) is 1. The Balaban J connectivity index is 1.78. The molecule has 0 amide bonds. The van der Waals surface area contributed by atoms with Gasteiger partial charge in [-0.2, -0.15) is 0 Å². The van der Waals surface area contributed by atoms with Gasteiger partial charge in [0.1, 0.15) is 5.82 Å². The first-order valence-electron chi connectivity index (χ1n) is 7.84. The van der Waals surface area contributed by atoms with Crippen LogP contribution in [-0.4, -0.2) is 16.1 Å². The molecule has 5 heteroatoms. The summed E-state index contributed by atoms with van der Waals surface area (Å²) in [5.74, 6) is 0.680. The summed E-state index contributed by atoms with van der Waals surface area (Å²) in [6.07, 6.45) is 4.73. The van der Waals surface area contributed by atoms with E-state index in [-0.39, 0.29) is 0 Å². The highest BCUT2D eigenvalue weighted by Gasteiger charge is 2.41. The van der Waals surface area contributed by atoms with Crippen molar-refractivity contribution in [2.75, 3.05) is 5.32 Å². The normalized spacial score (nSPS) is 21.3. The maximum atomic E-state index is 11.5. The molecule has 2 aliphatic rings. The fourth-order valence-corrected chi connectivity index (χ4v) is 4.16. The molecule has 1 fully saturated rings. The predicted octanol–water partition coefficient (Wildman–Crippen LogP) is 4.85. The average Bonchev–Trinajstić information content (AvgIpc) is 3.13. The van der Waals surface area contributed by atoms with Crippen LogP contribution in [0.4, 0.5) is 11.5 Å². The van der Waals surface area contributed by atoms with Crippen LogP contribution >= 0.6 is 11.6 Å². The third-order valence-corrected chi connectivity index (χ3v) is 5.48. The van der Waals surface area contributed by atoms with Gasteiger partial charge in [0.15, 0.2) is 0 Å². The fourth-order valence-electron chi connectivity index (χ4n) is 3.98. The Hall–Kier alpha value is -2.07. The third kappa shape index (κ3) is 2.29. The molecule has 2 bridgehead atoms. The predicted molar refractivity (Wildman–Crippen MR) is 90.0 cm³/mol. The minimum atomic E-state index is -0.883. The lowest BCUT2D eigenvalue weighted by molar-refractivity contribution is 0.0694. The Bertz CT molecular complexity index is 819. The first kappa shape index (κ1) is 14.5. The second-order valence-corrected chi connectivity index (χ2v) is 6.86. The maximum absolute atomic E-state index is 11.5. The number of hydrogen-bond acceptors (Lipinski definition) is 3. The monoisotopic (exact) mass is 328 g/mol. The summed E-state index contributed by atoms with van der Waals surface area (Å²) < 4.78 is 0. The van der Waals surface area contributed by atoms with E-state index in [2.05, 4.69) is 10.3 Å². The summed E-state index contributed by atoms with van der Waals surface area (Å²) in [7, 11) is 0. The van der Waals surface area contributed by atoms with Gasteiger partial charge in [0.05, 0.1) is 5.56 Å². The zero-order valence-corrected chi connectivity index (χ0v) is 13.5. The van der Waals surface area contributed by atoms with Crippen LogP contribution in [0.1, 0.15) is 58.1 Å². The van der Waals surface area contributed by atoms with Crippen LogP contribution in [0.15, 0.2) is 24.4 Å². The summed E-state index contributed by atoms with van der Waals surface area (Å²) in [5.41, 5.74) is 4.35. The zero-order valence-electron chi connectivity index (χ0n) is 12.8. The van der Waals surface area contributed by atoms with Gasteiger partial charge in [-0.15, -0.1) is 0 Å². The Labute approximate surface area is 139 Å². The molecule has 118 valence electrons. The number of pyridine rings is 1. The Morgan fingerprint density at radius 2 is 2.04 bits per heavy atom.